The minimum atomic E-state index is -0.696. The van der Waals surface area contributed by atoms with E-state index < -0.39 is 12.3 Å². The Kier molecular flexibility index (Phi) is 6.88. The first-order valence-electron chi connectivity index (χ1n) is 11.0. The summed E-state index contributed by atoms with van der Waals surface area (Å²) in [6.45, 7) is 11.4. The van der Waals surface area contributed by atoms with Gasteiger partial charge >= 0.3 is 6.03 Å². The Hall–Kier alpha value is -2.62. The van der Waals surface area contributed by atoms with Crippen molar-refractivity contribution in [2.75, 3.05) is 13.1 Å². The van der Waals surface area contributed by atoms with Gasteiger partial charge in [-0.2, -0.15) is 5.43 Å². The number of rotatable bonds is 7. The number of hydrogen-bond acceptors (Lipinski definition) is 5. The Bertz CT molecular complexity index is 754. The molecular formula is C21H34N6O4. The summed E-state index contributed by atoms with van der Waals surface area (Å²) < 4.78 is 0. The van der Waals surface area contributed by atoms with Gasteiger partial charge in [-0.05, 0) is 47.0 Å². The summed E-state index contributed by atoms with van der Waals surface area (Å²) in [6.07, 6.45) is 2.50. The van der Waals surface area contributed by atoms with Crippen LogP contribution in [0, 0.1) is 11.8 Å². The highest BCUT2D eigenvalue weighted by Gasteiger charge is 2.56. The lowest BCUT2D eigenvalue weighted by molar-refractivity contribution is -0.157. The lowest BCUT2D eigenvalue weighted by Gasteiger charge is -2.49. The molecule has 2 saturated heterocycles. The molecule has 4 atom stereocenters. The van der Waals surface area contributed by atoms with Crippen molar-refractivity contribution in [1.29, 1.82) is 0 Å². The molecule has 0 aromatic rings. The van der Waals surface area contributed by atoms with Crippen LogP contribution in [0.15, 0.2) is 12.7 Å². The number of hydrazine groups is 1. The van der Waals surface area contributed by atoms with Crippen molar-refractivity contribution in [3.8, 4) is 0 Å². The minimum Gasteiger partial charge on any atom is -0.354 e. The standard InChI is InChI=1S/C21H34N6O4/c1-6-9-25-19(30)15-8-7-14(18(29)23-13(4)5)10-16(15)27-20(25)24-26(21(27)31)11-17(28)22-12(2)3/h6,12-16,20,24H,1,7-11H2,2-5H3,(H,22,28)(H,23,29). The van der Waals surface area contributed by atoms with Crippen LogP contribution in [-0.4, -0.2) is 76.1 Å². The largest absolute Gasteiger partial charge is 0.354 e. The summed E-state index contributed by atoms with van der Waals surface area (Å²) in [5, 5.41) is 6.97. The molecule has 3 aliphatic rings. The summed E-state index contributed by atoms with van der Waals surface area (Å²) in [5.41, 5.74) is 3.03. The van der Waals surface area contributed by atoms with E-state index >= 15 is 0 Å². The normalized spacial score (nSPS) is 28.0. The van der Waals surface area contributed by atoms with Crippen molar-refractivity contribution < 1.29 is 19.2 Å². The first-order valence-corrected chi connectivity index (χ1v) is 11.0. The zero-order chi connectivity index (χ0) is 22.9. The van der Waals surface area contributed by atoms with Crippen LogP contribution in [0.2, 0.25) is 0 Å². The zero-order valence-electron chi connectivity index (χ0n) is 18.8. The first-order chi connectivity index (χ1) is 14.6. The molecule has 2 heterocycles. The van der Waals surface area contributed by atoms with E-state index in [1.165, 1.54) is 5.01 Å². The van der Waals surface area contributed by atoms with Gasteiger partial charge in [-0.15, -0.1) is 6.58 Å². The Morgan fingerprint density at radius 1 is 1.16 bits per heavy atom. The van der Waals surface area contributed by atoms with Crippen molar-refractivity contribution in [1.82, 2.24) is 30.9 Å². The van der Waals surface area contributed by atoms with E-state index in [1.807, 2.05) is 27.7 Å². The Balaban J connectivity index is 1.83. The van der Waals surface area contributed by atoms with E-state index in [4.69, 9.17) is 0 Å². The smallest absolute Gasteiger partial charge is 0.337 e. The van der Waals surface area contributed by atoms with E-state index in [0.29, 0.717) is 19.3 Å². The Morgan fingerprint density at radius 3 is 2.45 bits per heavy atom. The van der Waals surface area contributed by atoms with Crippen molar-refractivity contribution in [2.24, 2.45) is 11.8 Å². The maximum atomic E-state index is 13.3. The third-order valence-corrected chi connectivity index (χ3v) is 5.93. The van der Waals surface area contributed by atoms with Crippen LogP contribution in [-0.2, 0) is 14.4 Å². The second kappa shape index (κ2) is 9.25. The number of urea groups is 1. The van der Waals surface area contributed by atoms with Gasteiger partial charge < -0.3 is 15.5 Å². The van der Waals surface area contributed by atoms with E-state index in [9.17, 15) is 19.2 Å². The second-order valence-electron chi connectivity index (χ2n) is 9.13. The second-order valence-corrected chi connectivity index (χ2v) is 9.13. The number of amides is 5. The molecule has 3 N–H and O–H groups in total. The topological polar surface area (TPSA) is 114 Å². The minimum absolute atomic E-state index is 0.0269. The van der Waals surface area contributed by atoms with Crippen LogP contribution < -0.4 is 16.1 Å². The van der Waals surface area contributed by atoms with E-state index in [-0.39, 0.29) is 60.8 Å². The van der Waals surface area contributed by atoms with Gasteiger partial charge in [0.05, 0.1) is 5.92 Å². The van der Waals surface area contributed by atoms with Gasteiger partial charge in [-0.1, -0.05) is 6.08 Å². The van der Waals surface area contributed by atoms with Crippen LogP contribution in [0.1, 0.15) is 47.0 Å². The van der Waals surface area contributed by atoms with Gasteiger partial charge in [0.15, 0.2) is 6.29 Å². The summed E-state index contributed by atoms with van der Waals surface area (Å²) in [4.78, 5) is 54.6. The first kappa shape index (κ1) is 23.1. The molecule has 0 aromatic carbocycles. The average Bonchev–Trinajstić information content (AvgIpc) is 2.99. The fraction of sp³-hybridized carbons (Fsp3) is 0.714. The molecule has 3 rings (SSSR count). The quantitative estimate of drug-likeness (QED) is 0.501. The van der Waals surface area contributed by atoms with Crippen LogP contribution in [0.5, 0.6) is 0 Å². The lowest BCUT2D eigenvalue weighted by atomic mass is 9.75. The molecule has 4 unspecified atom stereocenters. The molecule has 1 saturated carbocycles. The predicted octanol–water partition coefficient (Wildman–Crippen LogP) is 0.375. The molecule has 10 heteroatoms. The van der Waals surface area contributed by atoms with Gasteiger partial charge in [0.25, 0.3) is 0 Å². The Morgan fingerprint density at radius 2 is 1.84 bits per heavy atom. The maximum Gasteiger partial charge on any atom is 0.337 e. The zero-order valence-corrected chi connectivity index (χ0v) is 18.8. The molecule has 31 heavy (non-hydrogen) atoms. The third-order valence-electron chi connectivity index (χ3n) is 5.93. The fourth-order valence-electron chi connectivity index (χ4n) is 4.71. The molecule has 0 bridgehead atoms. The predicted molar refractivity (Wildman–Crippen MR) is 114 cm³/mol. The molecule has 1 aliphatic carbocycles. The van der Waals surface area contributed by atoms with Gasteiger partial charge in [0.2, 0.25) is 17.7 Å². The van der Waals surface area contributed by atoms with Crippen LogP contribution in [0.3, 0.4) is 0 Å². The average molecular weight is 435 g/mol. The summed E-state index contributed by atoms with van der Waals surface area (Å²) in [7, 11) is 0. The summed E-state index contributed by atoms with van der Waals surface area (Å²) in [6, 6.07) is -0.771. The highest BCUT2D eigenvalue weighted by Crippen LogP contribution is 2.40. The number of carbonyl (C=O) groups excluding carboxylic acids is 4. The van der Waals surface area contributed by atoms with Crippen LogP contribution in [0.25, 0.3) is 0 Å². The van der Waals surface area contributed by atoms with Crippen molar-refractivity contribution >= 4 is 23.8 Å². The van der Waals surface area contributed by atoms with Crippen molar-refractivity contribution in [3.05, 3.63) is 12.7 Å². The van der Waals surface area contributed by atoms with Gasteiger partial charge in [0, 0.05) is 30.6 Å². The van der Waals surface area contributed by atoms with E-state index in [2.05, 4.69) is 22.6 Å². The number of carbonyl (C=O) groups is 4. The van der Waals surface area contributed by atoms with Crippen LogP contribution >= 0.6 is 0 Å². The monoisotopic (exact) mass is 434 g/mol. The number of hydrogen-bond donors (Lipinski definition) is 3. The number of nitrogens with one attached hydrogen (secondary N) is 3. The summed E-state index contributed by atoms with van der Waals surface area (Å²) in [5.74, 6) is -1.00. The highest BCUT2D eigenvalue weighted by molar-refractivity contribution is 5.89. The molecule has 172 valence electrons. The number of nitrogens with zero attached hydrogens (tertiary/aromatic N) is 3. The molecule has 3 fully saturated rings. The molecular weight excluding hydrogens is 400 g/mol. The molecule has 0 spiro atoms. The summed E-state index contributed by atoms with van der Waals surface area (Å²) >= 11 is 0. The van der Waals surface area contributed by atoms with Crippen molar-refractivity contribution in [2.45, 2.75) is 71.4 Å². The number of fused-ring (bicyclic) bond motifs is 3. The molecule has 5 amide bonds. The molecule has 0 aromatic heterocycles. The molecule has 0 radical (unpaired) electrons. The van der Waals surface area contributed by atoms with Crippen molar-refractivity contribution in [3.63, 3.8) is 0 Å². The van der Waals surface area contributed by atoms with E-state index in [0.717, 1.165) is 0 Å². The molecule has 10 nitrogen and oxygen atoms in total. The lowest BCUT2D eigenvalue weighted by Crippen LogP contribution is -2.67. The molecule has 2 aliphatic heterocycles. The fourth-order valence-corrected chi connectivity index (χ4v) is 4.71. The SMILES string of the molecule is C=CCN1C(=O)C2CCC(C(=O)NC(C)C)CC2N2C(=O)N(CC(=O)NC(C)C)NC12. The highest BCUT2D eigenvalue weighted by atomic mass is 16.2. The third kappa shape index (κ3) is 4.68. The van der Waals surface area contributed by atoms with Gasteiger partial charge in [0.1, 0.15) is 6.54 Å². The Labute approximate surface area is 183 Å². The van der Waals surface area contributed by atoms with Gasteiger partial charge in [-0.3, -0.25) is 19.3 Å². The van der Waals surface area contributed by atoms with Gasteiger partial charge in [-0.25, -0.2) is 9.80 Å². The van der Waals surface area contributed by atoms with Crippen LogP contribution in [0.4, 0.5) is 4.79 Å². The van der Waals surface area contributed by atoms with E-state index in [1.54, 1.807) is 15.9 Å². The maximum absolute atomic E-state index is 13.3.